The Kier molecular flexibility index (Phi) is 4.30. The van der Waals surface area contributed by atoms with Crippen LogP contribution in [0.3, 0.4) is 0 Å². The first-order valence-corrected chi connectivity index (χ1v) is 4.85. The molecule has 0 aromatic carbocycles. The van der Waals surface area contributed by atoms with Crippen molar-refractivity contribution < 1.29 is 4.79 Å². The molecule has 0 saturated carbocycles. The van der Waals surface area contributed by atoms with Crippen LogP contribution in [0.2, 0.25) is 0 Å². The van der Waals surface area contributed by atoms with Crippen molar-refractivity contribution in [2.45, 2.75) is 26.2 Å². The van der Waals surface area contributed by atoms with E-state index in [4.69, 9.17) is 0 Å². The van der Waals surface area contributed by atoms with E-state index in [0.29, 0.717) is 12.5 Å². The molecular weight excluding hydrogens is 162 g/mol. The zero-order valence-electron chi connectivity index (χ0n) is 8.12. The average molecular weight is 179 g/mol. The normalized spacial score (nSPS) is 22.1. The van der Waals surface area contributed by atoms with Crippen LogP contribution in [0.1, 0.15) is 26.2 Å². The molecule has 0 aliphatic heterocycles. The third-order valence-electron chi connectivity index (χ3n) is 2.19. The summed E-state index contributed by atoms with van der Waals surface area (Å²) in [6, 6.07) is 0. The number of carbonyl (C=O) groups excluding carboxylic acids is 1. The van der Waals surface area contributed by atoms with Crippen LogP contribution in [0.4, 0.5) is 0 Å². The number of amides is 1. The first kappa shape index (κ1) is 10.0. The second kappa shape index (κ2) is 5.57. The van der Waals surface area contributed by atoms with Gasteiger partial charge in [0.1, 0.15) is 0 Å². The fourth-order valence-corrected chi connectivity index (χ4v) is 1.45. The molecule has 1 aliphatic rings. The van der Waals surface area contributed by atoms with Gasteiger partial charge in [-0.05, 0) is 25.2 Å². The molecule has 0 saturated heterocycles. The van der Waals surface area contributed by atoms with E-state index in [1.54, 1.807) is 0 Å². The minimum Gasteiger partial charge on any atom is -0.353 e. The first-order valence-electron chi connectivity index (χ1n) is 4.85. The molecule has 1 atom stereocenters. The molecule has 0 radical (unpaired) electrons. The van der Waals surface area contributed by atoms with Crippen LogP contribution in [0, 0.1) is 5.92 Å². The zero-order chi connectivity index (χ0) is 9.52. The Balaban J connectivity index is 2.15. The smallest absolute Gasteiger partial charge is 0.217 e. The summed E-state index contributed by atoms with van der Waals surface area (Å²) >= 11 is 0. The highest BCUT2D eigenvalue weighted by Crippen LogP contribution is 2.18. The van der Waals surface area contributed by atoms with Gasteiger partial charge in [0.2, 0.25) is 5.91 Å². The molecule has 1 N–H and O–H groups in total. The van der Waals surface area contributed by atoms with Crippen LogP contribution in [-0.2, 0) is 4.79 Å². The molecule has 13 heavy (non-hydrogen) atoms. The van der Waals surface area contributed by atoms with Crippen LogP contribution in [0.25, 0.3) is 0 Å². The molecule has 0 heterocycles. The third kappa shape index (κ3) is 4.51. The van der Waals surface area contributed by atoms with Crippen molar-refractivity contribution in [3.63, 3.8) is 0 Å². The van der Waals surface area contributed by atoms with E-state index in [1.807, 2.05) is 6.08 Å². The Morgan fingerprint density at radius 3 is 3.08 bits per heavy atom. The molecule has 0 spiro atoms. The van der Waals surface area contributed by atoms with Gasteiger partial charge in [0.15, 0.2) is 0 Å². The molecule has 0 bridgehead atoms. The molecule has 0 aromatic rings. The average Bonchev–Trinajstić information content (AvgIpc) is 2.14. The number of nitrogens with one attached hydrogen (secondary N) is 1. The Bertz CT molecular complexity index is 218. The van der Waals surface area contributed by atoms with Crippen LogP contribution in [0.5, 0.6) is 0 Å². The summed E-state index contributed by atoms with van der Waals surface area (Å²) in [4.78, 5) is 10.5. The van der Waals surface area contributed by atoms with Crippen molar-refractivity contribution in [2.75, 3.05) is 6.54 Å². The molecule has 2 nitrogen and oxygen atoms in total. The fraction of sp³-hybridized carbons (Fsp3) is 0.545. The van der Waals surface area contributed by atoms with Gasteiger partial charge < -0.3 is 5.32 Å². The van der Waals surface area contributed by atoms with Crippen molar-refractivity contribution in [1.82, 2.24) is 5.32 Å². The van der Waals surface area contributed by atoms with Crippen molar-refractivity contribution in [1.29, 1.82) is 0 Å². The molecule has 1 amide bonds. The highest BCUT2D eigenvalue weighted by Gasteiger charge is 2.04. The second-order valence-electron chi connectivity index (χ2n) is 3.41. The van der Waals surface area contributed by atoms with E-state index >= 15 is 0 Å². The van der Waals surface area contributed by atoms with E-state index in [1.165, 1.54) is 19.8 Å². The summed E-state index contributed by atoms with van der Waals surface area (Å²) in [7, 11) is 0. The zero-order valence-corrected chi connectivity index (χ0v) is 8.12. The van der Waals surface area contributed by atoms with E-state index < -0.39 is 0 Å². The van der Waals surface area contributed by atoms with Gasteiger partial charge in [0.25, 0.3) is 0 Å². The lowest BCUT2D eigenvalue weighted by Gasteiger charge is -2.12. The van der Waals surface area contributed by atoms with Gasteiger partial charge in [-0.15, -0.1) is 0 Å². The number of allylic oxidation sites excluding steroid dienone is 3. The Labute approximate surface area is 79.7 Å². The summed E-state index contributed by atoms with van der Waals surface area (Å²) in [6.45, 7) is 2.20. The summed E-state index contributed by atoms with van der Waals surface area (Å²) in [6.07, 6.45) is 12.3. The van der Waals surface area contributed by atoms with Gasteiger partial charge in [-0.1, -0.05) is 24.3 Å². The summed E-state index contributed by atoms with van der Waals surface area (Å²) in [5, 5.41) is 2.74. The number of carbonyl (C=O) groups is 1. The topological polar surface area (TPSA) is 29.1 Å². The molecule has 1 rings (SSSR count). The summed E-state index contributed by atoms with van der Waals surface area (Å²) in [5.74, 6) is 0.715. The number of hydrogen-bond acceptors (Lipinski definition) is 1. The predicted molar refractivity (Wildman–Crippen MR) is 54.3 cm³/mol. The molecule has 0 fully saturated rings. The maximum absolute atomic E-state index is 10.5. The summed E-state index contributed by atoms with van der Waals surface area (Å²) < 4.78 is 0. The molecular formula is C11H17NO. The first-order chi connectivity index (χ1) is 6.29. The van der Waals surface area contributed by atoms with Gasteiger partial charge >= 0.3 is 0 Å². The largest absolute Gasteiger partial charge is 0.353 e. The second-order valence-corrected chi connectivity index (χ2v) is 3.41. The van der Waals surface area contributed by atoms with Crippen LogP contribution < -0.4 is 5.32 Å². The predicted octanol–water partition coefficient (Wildman–Crippen LogP) is 2.04. The summed E-state index contributed by atoms with van der Waals surface area (Å²) in [5.41, 5.74) is 0. The molecule has 72 valence electrons. The molecule has 2 heteroatoms. The number of rotatable bonds is 3. The molecule has 0 aromatic heterocycles. The Hall–Kier alpha value is -1.05. The van der Waals surface area contributed by atoms with Crippen molar-refractivity contribution >= 4 is 5.91 Å². The molecule has 1 aliphatic carbocycles. The van der Waals surface area contributed by atoms with Crippen LogP contribution in [-0.4, -0.2) is 12.5 Å². The lowest BCUT2D eigenvalue weighted by molar-refractivity contribution is -0.118. The van der Waals surface area contributed by atoms with Crippen molar-refractivity contribution in [2.24, 2.45) is 5.92 Å². The molecule has 1 unspecified atom stereocenters. The maximum atomic E-state index is 10.5. The lowest BCUT2D eigenvalue weighted by Crippen LogP contribution is -2.19. The lowest BCUT2D eigenvalue weighted by atomic mass is 9.94. The maximum Gasteiger partial charge on any atom is 0.217 e. The minimum absolute atomic E-state index is 0.0354. The van der Waals surface area contributed by atoms with Gasteiger partial charge in [-0.25, -0.2) is 0 Å². The highest BCUT2D eigenvalue weighted by atomic mass is 16.1. The van der Waals surface area contributed by atoms with Crippen molar-refractivity contribution in [3.05, 3.63) is 24.3 Å². The van der Waals surface area contributed by atoms with Gasteiger partial charge in [-0.3, -0.25) is 4.79 Å². The third-order valence-corrected chi connectivity index (χ3v) is 2.19. The van der Waals surface area contributed by atoms with Gasteiger partial charge in [0.05, 0.1) is 0 Å². The Morgan fingerprint density at radius 2 is 2.46 bits per heavy atom. The van der Waals surface area contributed by atoms with Gasteiger partial charge in [-0.2, -0.15) is 0 Å². The van der Waals surface area contributed by atoms with Crippen LogP contribution >= 0.6 is 0 Å². The van der Waals surface area contributed by atoms with E-state index in [2.05, 4.69) is 23.5 Å². The monoisotopic (exact) mass is 179 g/mol. The van der Waals surface area contributed by atoms with Crippen LogP contribution in [0.15, 0.2) is 24.3 Å². The van der Waals surface area contributed by atoms with Gasteiger partial charge in [0, 0.05) is 13.5 Å². The van der Waals surface area contributed by atoms with E-state index in [9.17, 15) is 4.79 Å². The quantitative estimate of drug-likeness (QED) is 0.660. The standard InChI is InChI=1S/C11H17NO/c1-10(13)12-9-5-8-11-6-3-2-4-7-11/h2-3,5,8,11H,4,6-7,9H2,1H3,(H,12,13). The number of hydrogen-bond donors (Lipinski definition) is 1. The SMILES string of the molecule is CC(=O)NCC=CC1CC=CCC1. The Morgan fingerprint density at radius 1 is 1.62 bits per heavy atom. The highest BCUT2D eigenvalue weighted by molar-refractivity contribution is 5.72. The minimum atomic E-state index is 0.0354. The van der Waals surface area contributed by atoms with E-state index in [-0.39, 0.29) is 5.91 Å². The van der Waals surface area contributed by atoms with Crippen molar-refractivity contribution in [3.8, 4) is 0 Å². The van der Waals surface area contributed by atoms with E-state index in [0.717, 1.165) is 6.42 Å². The fourth-order valence-electron chi connectivity index (χ4n) is 1.45.